The van der Waals surface area contributed by atoms with Crippen LogP contribution in [0.5, 0.6) is 0 Å². The standard InChI is InChI=1S/C12H14N4O2/c1-9(8-16-6-2-5-14-16)15-11-4-3-10(7-13-11)12(17)18/h2-7,9H,8H2,1H3,(H,13,15)(H,17,18). The van der Waals surface area contributed by atoms with Gasteiger partial charge in [-0.3, -0.25) is 4.68 Å². The molecule has 6 heteroatoms. The second kappa shape index (κ2) is 5.31. The molecule has 0 saturated heterocycles. The summed E-state index contributed by atoms with van der Waals surface area (Å²) in [6.45, 7) is 2.73. The van der Waals surface area contributed by atoms with Crippen LogP contribution in [0.2, 0.25) is 0 Å². The molecule has 6 nitrogen and oxygen atoms in total. The summed E-state index contributed by atoms with van der Waals surface area (Å²) in [6.07, 6.45) is 4.96. The van der Waals surface area contributed by atoms with Crippen LogP contribution in [0.25, 0.3) is 0 Å². The van der Waals surface area contributed by atoms with Crippen molar-refractivity contribution in [1.29, 1.82) is 0 Å². The minimum absolute atomic E-state index is 0.146. The minimum atomic E-state index is -0.973. The number of aromatic carboxylic acids is 1. The SMILES string of the molecule is CC(Cn1cccn1)Nc1ccc(C(=O)O)cn1. The lowest BCUT2D eigenvalue weighted by Gasteiger charge is -2.14. The van der Waals surface area contributed by atoms with Gasteiger partial charge in [-0.2, -0.15) is 5.10 Å². The van der Waals surface area contributed by atoms with Crippen LogP contribution in [0, 0.1) is 0 Å². The van der Waals surface area contributed by atoms with Crippen molar-refractivity contribution in [2.45, 2.75) is 19.5 Å². The van der Waals surface area contributed by atoms with Crippen LogP contribution in [0.3, 0.4) is 0 Å². The van der Waals surface area contributed by atoms with E-state index in [4.69, 9.17) is 5.11 Å². The van der Waals surface area contributed by atoms with Gasteiger partial charge in [0.2, 0.25) is 0 Å². The summed E-state index contributed by atoms with van der Waals surface area (Å²) < 4.78 is 1.82. The highest BCUT2D eigenvalue weighted by Crippen LogP contribution is 2.07. The first kappa shape index (κ1) is 12.1. The van der Waals surface area contributed by atoms with Gasteiger partial charge in [0.25, 0.3) is 0 Å². The van der Waals surface area contributed by atoms with E-state index in [0.29, 0.717) is 5.82 Å². The van der Waals surface area contributed by atoms with Crippen molar-refractivity contribution < 1.29 is 9.90 Å². The molecule has 0 bridgehead atoms. The van der Waals surface area contributed by atoms with Crippen molar-refractivity contribution in [3.05, 3.63) is 42.4 Å². The topological polar surface area (TPSA) is 80.0 Å². The van der Waals surface area contributed by atoms with Crippen molar-refractivity contribution in [2.75, 3.05) is 5.32 Å². The first-order chi connectivity index (χ1) is 8.65. The Morgan fingerprint density at radius 1 is 1.56 bits per heavy atom. The summed E-state index contributed by atoms with van der Waals surface area (Å²) >= 11 is 0. The lowest BCUT2D eigenvalue weighted by atomic mass is 10.3. The monoisotopic (exact) mass is 246 g/mol. The van der Waals surface area contributed by atoms with E-state index in [-0.39, 0.29) is 11.6 Å². The van der Waals surface area contributed by atoms with E-state index in [9.17, 15) is 4.79 Å². The van der Waals surface area contributed by atoms with E-state index >= 15 is 0 Å². The molecule has 2 heterocycles. The van der Waals surface area contributed by atoms with Crippen molar-refractivity contribution in [3.63, 3.8) is 0 Å². The van der Waals surface area contributed by atoms with Gasteiger partial charge in [-0.15, -0.1) is 0 Å². The fourth-order valence-electron chi connectivity index (χ4n) is 1.59. The summed E-state index contributed by atoms with van der Waals surface area (Å²) in [7, 11) is 0. The summed E-state index contributed by atoms with van der Waals surface area (Å²) in [5, 5.41) is 16.1. The predicted molar refractivity (Wildman–Crippen MR) is 66.5 cm³/mol. The quantitative estimate of drug-likeness (QED) is 0.835. The first-order valence-electron chi connectivity index (χ1n) is 5.58. The molecule has 2 rings (SSSR count). The van der Waals surface area contributed by atoms with E-state index in [2.05, 4.69) is 15.4 Å². The van der Waals surface area contributed by atoms with Crippen LogP contribution in [0.4, 0.5) is 5.82 Å². The molecule has 0 aromatic carbocycles. The fraction of sp³-hybridized carbons (Fsp3) is 0.250. The van der Waals surface area contributed by atoms with Gasteiger partial charge in [-0.25, -0.2) is 9.78 Å². The van der Waals surface area contributed by atoms with E-state index in [1.807, 2.05) is 23.9 Å². The van der Waals surface area contributed by atoms with Gasteiger partial charge in [0.15, 0.2) is 0 Å². The molecule has 0 radical (unpaired) electrons. The second-order valence-electron chi connectivity index (χ2n) is 4.01. The molecule has 2 aromatic heterocycles. The lowest BCUT2D eigenvalue weighted by Crippen LogP contribution is -2.22. The van der Waals surface area contributed by atoms with Crippen LogP contribution in [-0.4, -0.2) is 31.9 Å². The van der Waals surface area contributed by atoms with E-state index in [1.165, 1.54) is 12.3 Å². The minimum Gasteiger partial charge on any atom is -0.478 e. The normalized spacial score (nSPS) is 12.1. The van der Waals surface area contributed by atoms with Gasteiger partial charge in [0, 0.05) is 24.6 Å². The zero-order valence-electron chi connectivity index (χ0n) is 9.95. The number of anilines is 1. The zero-order chi connectivity index (χ0) is 13.0. The van der Waals surface area contributed by atoms with Gasteiger partial charge in [0.1, 0.15) is 5.82 Å². The van der Waals surface area contributed by atoms with Crippen LogP contribution in [-0.2, 0) is 6.54 Å². The van der Waals surface area contributed by atoms with E-state index in [0.717, 1.165) is 6.54 Å². The Labute approximate surface area is 104 Å². The number of carbonyl (C=O) groups is 1. The van der Waals surface area contributed by atoms with Crippen molar-refractivity contribution >= 4 is 11.8 Å². The number of nitrogens with zero attached hydrogens (tertiary/aromatic N) is 3. The summed E-state index contributed by atoms with van der Waals surface area (Å²) in [5.74, 6) is -0.321. The lowest BCUT2D eigenvalue weighted by molar-refractivity contribution is 0.0696. The Kier molecular flexibility index (Phi) is 3.57. The molecule has 0 amide bonds. The zero-order valence-corrected chi connectivity index (χ0v) is 9.95. The Morgan fingerprint density at radius 3 is 2.94 bits per heavy atom. The van der Waals surface area contributed by atoms with Gasteiger partial charge >= 0.3 is 5.97 Å². The maximum Gasteiger partial charge on any atom is 0.337 e. The Morgan fingerprint density at radius 2 is 2.39 bits per heavy atom. The molecule has 94 valence electrons. The average Bonchev–Trinajstić information content (AvgIpc) is 2.82. The van der Waals surface area contributed by atoms with Gasteiger partial charge in [-0.1, -0.05) is 0 Å². The Hall–Kier alpha value is -2.37. The Bertz CT molecular complexity index is 507. The smallest absolute Gasteiger partial charge is 0.337 e. The van der Waals surface area contributed by atoms with E-state index in [1.54, 1.807) is 12.3 Å². The van der Waals surface area contributed by atoms with Crippen LogP contribution in [0.15, 0.2) is 36.8 Å². The fourth-order valence-corrected chi connectivity index (χ4v) is 1.59. The Balaban J connectivity index is 1.94. The van der Waals surface area contributed by atoms with Crippen LogP contribution < -0.4 is 5.32 Å². The molecular weight excluding hydrogens is 232 g/mol. The third-order valence-electron chi connectivity index (χ3n) is 2.42. The predicted octanol–water partition coefficient (Wildman–Crippen LogP) is 1.48. The summed E-state index contributed by atoms with van der Waals surface area (Å²) in [4.78, 5) is 14.7. The maximum absolute atomic E-state index is 10.7. The van der Waals surface area contributed by atoms with E-state index < -0.39 is 5.97 Å². The highest BCUT2D eigenvalue weighted by atomic mass is 16.4. The first-order valence-corrected chi connectivity index (χ1v) is 5.58. The third kappa shape index (κ3) is 3.07. The molecular formula is C12H14N4O2. The number of hydrogen-bond donors (Lipinski definition) is 2. The number of pyridine rings is 1. The number of carboxylic acid groups (broad SMARTS) is 1. The van der Waals surface area contributed by atoms with Gasteiger partial charge in [-0.05, 0) is 25.1 Å². The third-order valence-corrected chi connectivity index (χ3v) is 2.42. The van der Waals surface area contributed by atoms with Crippen LogP contribution in [0.1, 0.15) is 17.3 Å². The maximum atomic E-state index is 10.7. The molecule has 2 N–H and O–H groups in total. The molecule has 1 unspecified atom stereocenters. The van der Waals surface area contributed by atoms with Gasteiger partial charge < -0.3 is 10.4 Å². The molecule has 0 aliphatic heterocycles. The van der Waals surface area contributed by atoms with Crippen molar-refractivity contribution in [2.24, 2.45) is 0 Å². The van der Waals surface area contributed by atoms with Crippen molar-refractivity contribution in [3.8, 4) is 0 Å². The molecule has 0 aliphatic rings. The molecule has 0 aliphatic carbocycles. The average molecular weight is 246 g/mol. The second-order valence-corrected chi connectivity index (χ2v) is 4.01. The largest absolute Gasteiger partial charge is 0.478 e. The highest BCUT2D eigenvalue weighted by Gasteiger charge is 2.06. The molecule has 2 aromatic rings. The number of rotatable bonds is 5. The summed E-state index contributed by atoms with van der Waals surface area (Å²) in [5.41, 5.74) is 0.181. The molecule has 0 saturated carbocycles. The number of hydrogen-bond acceptors (Lipinski definition) is 4. The van der Waals surface area contributed by atoms with Crippen molar-refractivity contribution in [1.82, 2.24) is 14.8 Å². The molecule has 0 spiro atoms. The molecule has 1 atom stereocenters. The number of nitrogens with one attached hydrogen (secondary N) is 1. The highest BCUT2D eigenvalue weighted by molar-refractivity contribution is 5.87. The van der Waals surface area contributed by atoms with Gasteiger partial charge in [0.05, 0.1) is 12.1 Å². The number of aromatic nitrogens is 3. The van der Waals surface area contributed by atoms with Crippen LogP contribution >= 0.6 is 0 Å². The molecule has 18 heavy (non-hydrogen) atoms. The number of carboxylic acids is 1. The molecule has 0 fully saturated rings. The summed E-state index contributed by atoms with van der Waals surface area (Å²) in [6, 6.07) is 5.20.